The van der Waals surface area contributed by atoms with E-state index in [0.717, 1.165) is 5.39 Å². The minimum atomic E-state index is -1.12. The number of H-pyrrole nitrogens is 1. The maximum absolute atomic E-state index is 13.6. The van der Waals surface area contributed by atoms with E-state index in [1.54, 1.807) is 42.5 Å². The van der Waals surface area contributed by atoms with Crippen molar-refractivity contribution in [2.45, 2.75) is 51.6 Å². The fourth-order valence-electron chi connectivity index (χ4n) is 5.16. The molecule has 11 nitrogen and oxygen atoms in total. The molecule has 1 fully saturated rings. The molecule has 4 N–H and O–H groups in total. The molecule has 1 saturated heterocycles. The molecule has 234 valence electrons. The van der Waals surface area contributed by atoms with E-state index in [4.69, 9.17) is 21.1 Å². The van der Waals surface area contributed by atoms with Crippen LogP contribution in [0.1, 0.15) is 49.2 Å². The van der Waals surface area contributed by atoms with Gasteiger partial charge in [0, 0.05) is 28.4 Å². The van der Waals surface area contributed by atoms with Crippen LogP contribution in [-0.2, 0) is 30.3 Å². The van der Waals surface area contributed by atoms with Crippen molar-refractivity contribution >= 4 is 52.0 Å². The van der Waals surface area contributed by atoms with E-state index in [0.29, 0.717) is 41.2 Å². The Morgan fingerprint density at radius 2 is 1.82 bits per heavy atom. The molecular formula is C32H37ClN4O7. The number of benzene rings is 2. The van der Waals surface area contributed by atoms with Gasteiger partial charge in [-0.25, -0.2) is 0 Å². The number of halogens is 1. The number of carbonyl (C=O) groups excluding carboxylic acids is 5. The highest BCUT2D eigenvalue weighted by atomic mass is 35.5. The standard InChI is InChI=1S/C32H37ClN4O7/c1-18(2)13-25(37-32(42)26-16-21-23(35-26)9-6-10-28(21)43-3)31(41)36-24(14-20-11-12-34-30(20)40)27(38)17-44-29(39)15-19-7-4-5-8-22(19)33/h4-10,16,18,20,24-25,35H,11-15,17H2,1-3H3,(H,34,40)(H,36,41)(H,37,42)/t20-,24-,25-/m0/s1. The minimum absolute atomic E-state index is 0.0226. The quantitative estimate of drug-likeness (QED) is 0.200. The fourth-order valence-corrected chi connectivity index (χ4v) is 5.37. The summed E-state index contributed by atoms with van der Waals surface area (Å²) in [5.74, 6) is -2.40. The summed E-state index contributed by atoms with van der Waals surface area (Å²) >= 11 is 6.12. The molecule has 2 heterocycles. The van der Waals surface area contributed by atoms with Gasteiger partial charge in [0.15, 0.2) is 12.4 Å². The summed E-state index contributed by atoms with van der Waals surface area (Å²) in [4.78, 5) is 67.9. The average Bonchev–Trinajstić information content (AvgIpc) is 3.62. The zero-order valence-corrected chi connectivity index (χ0v) is 25.7. The molecule has 1 aliphatic heterocycles. The molecule has 12 heteroatoms. The first-order valence-electron chi connectivity index (χ1n) is 14.5. The van der Waals surface area contributed by atoms with Crippen molar-refractivity contribution < 1.29 is 33.4 Å². The molecular weight excluding hydrogens is 588 g/mol. The lowest BCUT2D eigenvalue weighted by Crippen LogP contribution is -2.53. The number of ketones is 1. The van der Waals surface area contributed by atoms with E-state index in [2.05, 4.69) is 20.9 Å². The van der Waals surface area contributed by atoms with Crippen LogP contribution in [0.5, 0.6) is 5.75 Å². The Morgan fingerprint density at radius 3 is 2.50 bits per heavy atom. The first kappa shape index (κ1) is 32.5. The fraction of sp³-hybridized carbons (Fsp3) is 0.406. The number of aromatic amines is 1. The number of methoxy groups -OCH3 is 1. The molecule has 1 aliphatic rings. The Kier molecular flexibility index (Phi) is 11.0. The van der Waals surface area contributed by atoms with Gasteiger partial charge in [-0.15, -0.1) is 0 Å². The molecule has 3 atom stereocenters. The summed E-state index contributed by atoms with van der Waals surface area (Å²) in [7, 11) is 1.54. The topological polar surface area (TPSA) is 156 Å². The largest absolute Gasteiger partial charge is 0.496 e. The van der Waals surface area contributed by atoms with Crippen LogP contribution in [-0.4, -0.2) is 66.8 Å². The summed E-state index contributed by atoms with van der Waals surface area (Å²) < 4.78 is 10.6. The number of ether oxygens (including phenoxy) is 2. The molecule has 0 aliphatic carbocycles. The van der Waals surface area contributed by atoms with Crippen LogP contribution in [0.4, 0.5) is 0 Å². The Hall–Kier alpha value is -4.38. The number of carbonyl (C=O) groups is 5. The molecule has 0 bridgehead atoms. The van der Waals surface area contributed by atoms with Gasteiger partial charge in [-0.05, 0) is 55.0 Å². The van der Waals surface area contributed by atoms with Crippen molar-refractivity contribution in [1.29, 1.82) is 0 Å². The van der Waals surface area contributed by atoms with Crippen LogP contribution in [0.2, 0.25) is 5.02 Å². The van der Waals surface area contributed by atoms with Crippen molar-refractivity contribution in [1.82, 2.24) is 20.9 Å². The highest BCUT2D eigenvalue weighted by Gasteiger charge is 2.34. The third kappa shape index (κ3) is 8.37. The molecule has 3 amide bonds. The Labute approximate surface area is 260 Å². The predicted molar refractivity (Wildman–Crippen MR) is 164 cm³/mol. The van der Waals surface area contributed by atoms with Gasteiger partial charge in [-0.3, -0.25) is 24.0 Å². The second kappa shape index (κ2) is 14.9. The normalized spacial score (nSPS) is 15.8. The molecule has 44 heavy (non-hydrogen) atoms. The lowest BCUT2D eigenvalue weighted by molar-refractivity contribution is -0.148. The molecule has 0 radical (unpaired) electrons. The van der Waals surface area contributed by atoms with Gasteiger partial charge >= 0.3 is 5.97 Å². The Balaban J connectivity index is 1.46. The predicted octanol–water partition coefficient (Wildman–Crippen LogP) is 3.34. The highest BCUT2D eigenvalue weighted by molar-refractivity contribution is 6.31. The maximum Gasteiger partial charge on any atom is 0.310 e. The van der Waals surface area contributed by atoms with Gasteiger partial charge in [-0.1, -0.05) is 49.7 Å². The minimum Gasteiger partial charge on any atom is -0.496 e. The molecule has 0 unspecified atom stereocenters. The van der Waals surface area contributed by atoms with Crippen molar-refractivity contribution in [2.24, 2.45) is 11.8 Å². The third-order valence-electron chi connectivity index (χ3n) is 7.47. The van der Waals surface area contributed by atoms with Crippen LogP contribution in [0.3, 0.4) is 0 Å². The summed E-state index contributed by atoms with van der Waals surface area (Å²) in [6.07, 6.45) is 0.694. The van der Waals surface area contributed by atoms with Crippen LogP contribution in [0, 0.1) is 11.8 Å². The number of hydrogen-bond donors (Lipinski definition) is 4. The lowest BCUT2D eigenvalue weighted by atomic mass is 9.95. The summed E-state index contributed by atoms with van der Waals surface area (Å²) in [6.45, 7) is 3.68. The molecule has 0 spiro atoms. The van der Waals surface area contributed by atoms with Gasteiger partial charge in [0.05, 0.1) is 19.6 Å². The van der Waals surface area contributed by atoms with Crippen LogP contribution < -0.4 is 20.7 Å². The van der Waals surface area contributed by atoms with Crippen molar-refractivity contribution in [2.75, 3.05) is 20.3 Å². The van der Waals surface area contributed by atoms with Gasteiger partial charge in [0.1, 0.15) is 17.5 Å². The summed E-state index contributed by atoms with van der Waals surface area (Å²) in [5, 5.41) is 9.36. The molecule has 4 rings (SSSR count). The first-order chi connectivity index (χ1) is 21.0. The lowest BCUT2D eigenvalue weighted by Gasteiger charge is -2.25. The number of fused-ring (bicyclic) bond motifs is 1. The number of aromatic nitrogens is 1. The van der Waals surface area contributed by atoms with E-state index in [9.17, 15) is 24.0 Å². The zero-order chi connectivity index (χ0) is 31.8. The average molecular weight is 625 g/mol. The number of Topliss-reactive ketones (excluding diaryl/α,β-unsaturated/α-hetero) is 1. The van der Waals surface area contributed by atoms with Crippen molar-refractivity contribution in [3.05, 3.63) is 64.8 Å². The Morgan fingerprint density at radius 1 is 1.05 bits per heavy atom. The number of esters is 1. The monoisotopic (exact) mass is 624 g/mol. The van der Waals surface area contributed by atoms with Gasteiger partial charge in [0.25, 0.3) is 5.91 Å². The smallest absolute Gasteiger partial charge is 0.310 e. The number of hydrogen-bond acceptors (Lipinski definition) is 7. The first-order valence-corrected chi connectivity index (χ1v) is 14.9. The third-order valence-corrected chi connectivity index (χ3v) is 7.84. The SMILES string of the molecule is COc1cccc2[nH]c(C(=O)N[C@@H](CC(C)C)C(=O)N[C@@H](C[C@@H]3CCNC3=O)C(=O)COC(=O)Cc3ccccc3Cl)cc12. The van der Waals surface area contributed by atoms with Gasteiger partial charge in [0.2, 0.25) is 11.8 Å². The molecule has 1 aromatic heterocycles. The molecule has 0 saturated carbocycles. The number of amides is 3. The Bertz CT molecular complexity index is 1540. The summed E-state index contributed by atoms with van der Waals surface area (Å²) in [5.41, 5.74) is 1.50. The number of nitrogens with one attached hydrogen (secondary N) is 4. The second-order valence-corrected chi connectivity index (χ2v) is 11.6. The van der Waals surface area contributed by atoms with Crippen LogP contribution in [0.15, 0.2) is 48.5 Å². The van der Waals surface area contributed by atoms with E-state index in [1.807, 2.05) is 19.9 Å². The van der Waals surface area contributed by atoms with Gasteiger partial charge in [-0.2, -0.15) is 0 Å². The highest BCUT2D eigenvalue weighted by Crippen LogP contribution is 2.26. The molecule has 2 aromatic carbocycles. The number of rotatable bonds is 14. The van der Waals surface area contributed by atoms with Crippen molar-refractivity contribution in [3.63, 3.8) is 0 Å². The summed E-state index contributed by atoms with van der Waals surface area (Å²) in [6, 6.07) is 11.7. The van der Waals surface area contributed by atoms with E-state index >= 15 is 0 Å². The van der Waals surface area contributed by atoms with Crippen molar-refractivity contribution in [3.8, 4) is 5.75 Å². The second-order valence-electron chi connectivity index (χ2n) is 11.2. The zero-order valence-electron chi connectivity index (χ0n) is 24.9. The van der Waals surface area contributed by atoms with E-state index < -0.39 is 48.2 Å². The van der Waals surface area contributed by atoms with E-state index in [1.165, 1.54) is 7.11 Å². The van der Waals surface area contributed by atoms with Gasteiger partial charge < -0.3 is 30.4 Å². The van der Waals surface area contributed by atoms with E-state index in [-0.39, 0.29) is 30.4 Å². The molecule has 3 aromatic rings. The van der Waals surface area contributed by atoms with Crippen LogP contribution >= 0.6 is 11.6 Å². The van der Waals surface area contributed by atoms with Crippen LogP contribution in [0.25, 0.3) is 10.9 Å². The maximum atomic E-state index is 13.6.